The molecule has 3 aromatic heterocycles. The number of hydrogen-bond acceptors (Lipinski definition) is 8. The van der Waals surface area contributed by atoms with E-state index in [0.29, 0.717) is 27.8 Å². The molecule has 154 valence electrons. The van der Waals surface area contributed by atoms with E-state index in [-0.39, 0.29) is 16.4 Å². The molecule has 0 aliphatic heterocycles. The highest BCUT2D eigenvalue weighted by Crippen LogP contribution is 2.29. The Morgan fingerprint density at radius 1 is 1.23 bits per heavy atom. The summed E-state index contributed by atoms with van der Waals surface area (Å²) < 4.78 is 35.1. The molecule has 0 atom stereocenters. The summed E-state index contributed by atoms with van der Waals surface area (Å²) in [6.45, 7) is 3.28. The summed E-state index contributed by atoms with van der Waals surface area (Å²) in [5.74, 6) is 0.745. The molecule has 0 spiro atoms. The maximum absolute atomic E-state index is 13.0. The number of rotatable bonds is 6. The van der Waals surface area contributed by atoms with Crippen molar-refractivity contribution in [2.75, 3.05) is 4.72 Å². The lowest BCUT2D eigenvalue weighted by atomic mass is 10.2. The number of nitrogens with one attached hydrogen (secondary N) is 1. The van der Waals surface area contributed by atoms with E-state index in [1.54, 1.807) is 37.4 Å². The number of benzene rings is 1. The van der Waals surface area contributed by atoms with Gasteiger partial charge in [-0.25, -0.2) is 13.4 Å². The molecule has 0 aliphatic carbocycles. The molecule has 12 heteroatoms. The highest BCUT2D eigenvalue weighted by atomic mass is 32.2. The van der Waals surface area contributed by atoms with Crippen LogP contribution in [0.2, 0.25) is 0 Å². The third kappa shape index (κ3) is 3.69. The summed E-state index contributed by atoms with van der Waals surface area (Å²) in [5.41, 5.74) is 1.23. The fraction of sp³-hybridized carbons (Fsp3) is 0.111. The zero-order valence-electron chi connectivity index (χ0n) is 15.8. The van der Waals surface area contributed by atoms with Crippen LogP contribution in [0.5, 0.6) is 0 Å². The van der Waals surface area contributed by atoms with Gasteiger partial charge in [-0.15, -0.1) is 11.3 Å². The van der Waals surface area contributed by atoms with Gasteiger partial charge in [0.2, 0.25) is 5.13 Å². The van der Waals surface area contributed by atoms with Crippen LogP contribution < -0.4 is 4.72 Å². The summed E-state index contributed by atoms with van der Waals surface area (Å²) in [6, 6.07) is 8.75. The average molecular weight is 445 g/mol. The maximum atomic E-state index is 13.0. The summed E-state index contributed by atoms with van der Waals surface area (Å²) in [5, 5.41) is 17.6. The first-order valence-electron chi connectivity index (χ1n) is 8.59. The molecule has 0 bridgehead atoms. The van der Waals surface area contributed by atoms with Crippen LogP contribution in [0.25, 0.3) is 16.6 Å². The summed E-state index contributed by atoms with van der Waals surface area (Å²) in [4.78, 5) is 14.7. The van der Waals surface area contributed by atoms with Crippen LogP contribution in [0.3, 0.4) is 0 Å². The van der Waals surface area contributed by atoms with Crippen molar-refractivity contribution in [3.8, 4) is 16.6 Å². The molecule has 0 amide bonds. The minimum Gasteiger partial charge on any atom is -0.463 e. The number of hydrogen-bond donors (Lipinski definition) is 1. The van der Waals surface area contributed by atoms with E-state index in [2.05, 4.69) is 14.8 Å². The van der Waals surface area contributed by atoms with Gasteiger partial charge in [0.25, 0.3) is 15.7 Å². The minimum atomic E-state index is -4.11. The van der Waals surface area contributed by atoms with E-state index in [1.165, 1.54) is 34.4 Å². The van der Waals surface area contributed by atoms with Gasteiger partial charge in [0.1, 0.15) is 11.5 Å². The third-order valence-electron chi connectivity index (χ3n) is 4.19. The molecule has 30 heavy (non-hydrogen) atoms. The molecule has 0 unspecified atom stereocenters. The number of aromatic nitrogens is 3. The molecule has 0 aliphatic rings. The Hall–Kier alpha value is -3.51. The monoisotopic (exact) mass is 445 g/mol. The lowest BCUT2D eigenvalue weighted by Gasteiger charge is -2.10. The summed E-state index contributed by atoms with van der Waals surface area (Å²) in [7, 11) is -4.11. The Morgan fingerprint density at radius 2 is 2.03 bits per heavy atom. The number of nitro groups is 1. The molecule has 0 saturated carbocycles. The molecule has 0 saturated heterocycles. The van der Waals surface area contributed by atoms with Crippen LogP contribution >= 0.6 is 11.3 Å². The quantitative estimate of drug-likeness (QED) is 0.351. The second kappa shape index (κ2) is 7.39. The van der Waals surface area contributed by atoms with Crippen LogP contribution in [0.15, 0.2) is 57.4 Å². The Balaban J connectivity index is 1.72. The number of nitrogens with zero attached hydrogens (tertiary/aromatic N) is 4. The van der Waals surface area contributed by atoms with Gasteiger partial charge in [-0.1, -0.05) is 6.07 Å². The Kier molecular flexibility index (Phi) is 4.87. The lowest BCUT2D eigenvalue weighted by molar-refractivity contribution is -0.385. The van der Waals surface area contributed by atoms with Crippen molar-refractivity contribution in [2.45, 2.75) is 18.7 Å². The fourth-order valence-electron chi connectivity index (χ4n) is 2.80. The van der Waals surface area contributed by atoms with E-state index >= 15 is 0 Å². The molecule has 10 nitrogen and oxygen atoms in total. The number of thiazole rings is 1. The minimum absolute atomic E-state index is 0.166. The van der Waals surface area contributed by atoms with Gasteiger partial charge in [0, 0.05) is 23.6 Å². The van der Waals surface area contributed by atoms with E-state index in [9.17, 15) is 18.5 Å². The fourth-order valence-corrected chi connectivity index (χ4v) is 4.88. The molecule has 0 fully saturated rings. The van der Waals surface area contributed by atoms with Gasteiger partial charge < -0.3 is 4.42 Å². The zero-order valence-corrected chi connectivity index (χ0v) is 17.4. The number of aryl methyl sites for hydroxylation is 2. The van der Waals surface area contributed by atoms with Crippen LogP contribution in [0.4, 0.5) is 11.5 Å². The van der Waals surface area contributed by atoms with Crippen molar-refractivity contribution < 1.29 is 17.8 Å². The van der Waals surface area contributed by atoms with Crippen molar-refractivity contribution >= 4 is 32.9 Å². The van der Waals surface area contributed by atoms with Crippen molar-refractivity contribution in [1.82, 2.24) is 14.8 Å². The Bertz CT molecular complexity index is 1340. The molecule has 1 aromatic carbocycles. The predicted molar refractivity (Wildman–Crippen MR) is 110 cm³/mol. The number of non-ortho nitro benzene ring substituents is 1. The maximum Gasteiger partial charge on any atom is 0.270 e. The standard InChI is InChI=1S/C18H15N5O5S2/c1-11-5-6-13(23(24)25)9-16(11)30(26,27)21-17-8-12(2)20-22(17)18-19-14(10-29-18)15-4-3-7-28-15/h3-10,21H,1-2H3. The highest BCUT2D eigenvalue weighted by Gasteiger charge is 2.23. The largest absolute Gasteiger partial charge is 0.463 e. The Labute approximate surface area is 175 Å². The van der Waals surface area contributed by atoms with Crippen molar-refractivity contribution in [3.05, 3.63) is 69.4 Å². The van der Waals surface area contributed by atoms with E-state index in [0.717, 1.165) is 6.07 Å². The van der Waals surface area contributed by atoms with Gasteiger partial charge in [-0.3, -0.25) is 14.8 Å². The Morgan fingerprint density at radius 3 is 2.73 bits per heavy atom. The normalized spacial score (nSPS) is 11.5. The lowest BCUT2D eigenvalue weighted by Crippen LogP contribution is -2.17. The van der Waals surface area contributed by atoms with Gasteiger partial charge in [-0.2, -0.15) is 9.78 Å². The molecular formula is C18H15N5O5S2. The number of sulfonamides is 1. The number of anilines is 1. The van der Waals surface area contributed by atoms with Crippen LogP contribution in [-0.4, -0.2) is 28.1 Å². The second-order valence-electron chi connectivity index (χ2n) is 6.39. The number of furan rings is 1. The van der Waals surface area contributed by atoms with Crippen LogP contribution in [0, 0.1) is 24.0 Å². The highest BCUT2D eigenvalue weighted by molar-refractivity contribution is 7.92. The predicted octanol–water partition coefficient (Wildman–Crippen LogP) is 3.91. The summed E-state index contributed by atoms with van der Waals surface area (Å²) in [6.07, 6.45) is 1.54. The van der Waals surface area contributed by atoms with Crippen LogP contribution in [0.1, 0.15) is 11.3 Å². The first-order valence-corrected chi connectivity index (χ1v) is 11.0. The zero-order chi connectivity index (χ0) is 21.5. The molecule has 1 N–H and O–H groups in total. The molecule has 4 aromatic rings. The van der Waals surface area contributed by atoms with E-state index < -0.39 is 14.9 Å². The van der Waals surface area contributed by atoms with Crippen molar-refractivity contribution in [1.29, 1.82) is 0 Å². The summed E-state index contributed by atoms with van der Waals surface area (Å²) >= 11 is 1.26. The third-order valence-corrected chi connectivity index (χ3v) is 6.50. The first kappa shape index (κ1) is 19.8. The molecule has 4 rings (SSSR count). The SMILES string of the molecule is Cc1cc(NS(=O)(=O)c2cc([N+](=O)[O-])ccc2C)n(-c2nc(-c3ccco3)cs2)n1. The van der Waals surface area contributed by atoms with Gasteiger partial charge in [0.05, 0.1) is 21.8 Å². The van der Waals surface area contributed by atoms with E-state index in [4.69, 9.17) is 4.42 Å². The van der Waals surface area contributed by atoms with Gasteiger partial charge >= 0.3 is 0 Å². The van der Waals surface area contributed by atoms with Gasteiger partial charge in [0.15, 0.2) is 5.76 Å². The molecule has 0 radical (unpaired) electrons. The topological polar surface area (TPSA) is 133 Å². The van der Waals surface area contributed by atoms with Gasteiger partial charge in [-0.05, 0) is 31.5 Å². The molecular weight excluding hydrogens is 430 g/mol. The molecule has 3 heterocycles. The smallest absolute Gasteiger partial charge is 0.270 e. The van der Waals surface area contributed by atoms with Crippen LogP contribution in [-0.2, 0) is 10.0 Å². The number of nitro benzene ring substituents is 1. The van der Waals surface area contributed by atoms with Crippen molar-refractivity contribution in [3.63, 3.8) is 0 Å². The van der Waals surface area contributed by atoms with E-state index in [1.807, 2.05) is 0 Å². The first-order chi connectivity index (χ1) is 14.2. The second-order valence-corrected chi connectivity index (χ2v) is 8.88. The average Bonchev–Trinajstić information content (AvgIpc) is 3.41. The van der Waals surface area contributed by atoms with Crippen molar-refractivity contribution in [2.24, 2.45) is 0 Å².